The SMILES string of the molecule is COC(=O)c1c(F)cc(OCC(C)CN(Cc2cccc(C(F)(F)F)c2Cl)CC(c2ccccc2)c2ccccc2)cc1S(C)(=O)=O. The zero-order chi connectivity index (χ0) is 34.4. The molecule has 6 nitrogen and oxygen atoms in total. The van der Waals surface area contributed by atoms with E-state index in [1.807, 2.05) is 72.5 Å². The average molecular weight is 692 g/mol. The van der Waals surface area contributed by atoms with Crippen LogP contribution in [0.3, 0.4) is 0 Å². The summed E-state index contributed by atoms with van der Waals surface area (Å²) >= 11 is 6.31. The van der Waals surface area contributed by atoms with Crippen LogP contribution in [0.4, 0.5) is 17.6 Å². The molecule has 1 unspecified atom stereocenters. The number of carbonyl (C=O) groups is 1. The second-order valence-corrected chi connectivity index (χ2v) is 13.7. The van der Waals surface area contributed by atoms with E-state index in [4.69, 9.17) is 16.3 Å². The van der Waals surface area contributed by atoms with Gasteiger partial charge in [-0.3, -0.25) is 4.90 Å². The summed E-state index contributed by atoms with van der Waals surface area (Å²) < 4.78 is 91.1. The molecule has 0 fully saturated rings. The molecule has 0 aliphatic carbocycles. The van der Waals surface area contributed by atoms with Gasteiger partial charge in [-0.1, -0.05) is 91.3 Å². The summed E-state index contributed by atoms with van der Waals surface area (Å²) in [5.41, 5.74) is 0.685. The normalized spacial score (nSPS) is 12.7. The highest BCUT2D eigenvalue weighted by molar-refractivity contribution is 7.90. The molecule has 250 valence electrons. The van der Waals surface area contributed by atoms with E-state index in [0.29, 0.717) is 18.7 Å². The summed E-state index contributed by atoms with van der Waals surface area (Å²) in [5.74, 6) is -2.79. The zero-order valence-electron chi connectivity index (χ0n) is 25.9. The maximum absolute atomic E-state index is 14.9. The first-order valence-electron chi connectivity index (χ1n) is 14.6. The Balaban J connectivity index is 1.64. The standard InChI is InChI=1S/C35H34ClF4NO5S/c1-23(22-46-27-17-30(37)32(34(42)45-2)31(18-27)47(3,43)44)19-41(20-26-15-10-16-29(33(26)36)35(38,39)40)21-28(24-11-6-4-7-12-24)25-13-8-5-9-14-25/h4-18,23,28H,19-22H2,1-3H3. The number of hydrogen-bond acceptors (Lipinski definition) is 6. The summed E-state index contributed by atoms with van der Waals surface area (Å²) in [7, 11) is -3.02. The van der Waals surface area contributed by atoms with Crippen molar-refractivity contribution in [2.45, 2.75) is 30.5 Å². The molecular weight excluding hydrogens is 658 g/mol. The molecule has 0 spiro atoms. The number of alkyl halides is 3. The summed E-state index contributed by atoms with van der Waals surface area (Å²) in [4.78, 5) is 13.5. The third-order valence-electron chi connectivity index (χ3n) is 7.54. The molecule has 0 amide bonds. The van der Waals surface area contributed by atoms with Gasteiger partial charge in [-0.25, -0.2) is 17.6 Å². The highest BCUT2D eigenvalue weighted by atomic mass is 35.5. The summed E-state index contributed by atoms with van der Waals surface area (Å²) in [6.45, 7) is 2.66. The fraction of sp³-hybridized carbons (Fsp3) is 0.286. The van der Waals surface area contributed by atoms with Crippen LogP contribution in [0.1, 0.15) is 45.5 Å². The average Bonchev–Trinajstić information content (AvgIpc) is 3.02. The minimum absolute atomic E-state index is 0.00558. The van der Waals surface area contributed by atoms with Crippen LogP contribution >= 0.6 is 11.6 Å². The van der Waals surface area contributed by atoms with Crippen molar-refractivity contribution in [3.05, 3.63) is 130 Å². The monoisotopic (exact) mass is 691 g/mol. The number of ether oxygens (including phenoxy) is 2. The zero-order valence-corrected chi connectivity index (χ0v) is 27.5. The van der Waals surface area contributed by atoms with E-state index in [0.717, 1.165) is 42.7 Å². The summed E-state index contributed by atoms with van der Waals surface area (Å²) in [5, 5.41) is -0.376. The first kappa shape index (κ1) is 35.9. The highest BCUT2D eigenvalue weighted by Crippen LogP contribution is 2.37. The van der Waals surface area contributed by atoms with E-state index in [1.54, 1.807) is 6.07 Å². The van der Waals surface area contributed by atoms with Crippen LogP contribution in [0.25, 0.3) is 0 Å². The van der Waals surface area contributed by atoms with Crippen molar-refractivity contribution in [3.63, 3.8) is 0 Å². The molecular formula is C35H34ClF4NO5S. The fourth-order valence-electron chi connectivity index (χ4n) is 5.36. The van der Waals surface area contributed by atoms with Gasteiger partial charge in [-0.05, 0) is 28.8 Å². The number of methoxy groups -OCH3 is 1. The number of hydrogen-bond donors (Lipinski definition) is 0. The maximum atomic E-state index is 14.9. The molecule has 12 heteroatoms. The highest BCUT2D eigenvalue weighted by Gasteiger charge is 2.34. The van der Waals surface area contributed by atoms with Crippen molar-refractivity contribution < 1.29 is 40.2 Å². The van der Waals surface area contributed by atoms with Crippen molar-refractivity contribution in [2.75, 3.05) is 33.1 Å². The van der Waals surface area contributed by atoms with Gasteiger partial charge in [0.15, 0.2) is 9.84 Å². The Kier molecular flexibility index (Phi) is 11.7. The predicted octanol–water partition coefficient (Wildman–Crippen LogP) is 8.04. The number of benzene rings is 4. The largest absolute Gasteiger partial charge is 0.493 e. The Bertz CT molecular complexity index is 1750. The molecule has 0 radical (unpaired) electrons. The molecule has 1 atom stereocenters. The third kappa shape index (κ3) is 9.33. The van der Waals surface area contributed by atoms with Crippen molar-refractivity contribution in [2.24, 2.45) is 5.92 Å². The minimum Gasteiger partial charge on any atom is -0.493 e. The lowest BCUT2D eigenvalue weighted by Crippen LogP contribution is -2.34. The van der Waals surface area contributed by atoms with Gasteiger partial charge >= 0.3 is 12.1 Å². The lowest BCUT2D eigenvalue weighted by Gasteiger charge is -2.31. The van der Waals surface area contributed by atoms with Crippen LogP contribution in [0.2, 0.25) is 5.02 Å². The van der Waals surface area contributed by atoms with Crippen LogP contribution in [0, 0.1) is 11.7 Å². The van der Waals surface area contributed by atoms with Crippen LogP contribution < -0.4 is 4.74 Å². The number of carbonyl (C=O) groups excluding carboxylic acids is 1. The number of nitrogens with zero attached hydrogens (tertiary/aromatic N) is 1. The molecule has 0 heterocycles. The number of esters is 1. The van der Waals surface area contributed by atoms with Gasteiger partial charge in [0, 0.05) is 43.8 Å². The number of halogens is 5. The molecule has 0 bridgehead atoms. The number of sulfone groups is 1. The Morgan fingerprint density at radius 3 is 2.04 bits per heavy atom. The van der Waals surface area contributed by atoms with Gasteiger partial charge in [0.1, 0.15) is 17.1 Å². The second kappa shape index (κ2) is 15.3. The van der Waals surface area contributed by atoms with Gasteiger partial charge in [0.05, 0.1) is 29.2 Å². The minimum atomic E-state index is -4.63. The van der Waals surface area contributed by atoms with Crippen LogP contribution in [0.5, 0.6) is 5.75 Å². The second-order valence-electron chi connectivity index (χ2n) is 11.3. The van der Waals surface area contributed by atoms with Crippen molar-refractivity contribution in [3.8, 4) is 5.75 Å². The van der Waals surface area contributed by atoms with Gasteiger partial charge in [-0.2, -0.15) is 13.2 Å². The lowest BCUT2D eigenvalue weighted by molar-refractivity contribution is -0.137. The van der Waals surface area contributed by atoms with Crippen LogP contribution in [-0.4, -0.2) is 52.3 Å². The molecule has 4 rings (SSSR count). The van der Waals surface area contributed by atoms with Crippen molar-refractivity contribution in [1.82, 2.24) is 4.90 Å². The molecule has 4 aromatic rings. The molecule has 4 aromatic carbocycles. The Labute approximate surface area is 276 Å². The van der Waals surface area contributed by atoms with Gasteiger partial charge in [0.25, 0.3) is 0 Å². The Morgan fingerprint density at radius 1 is 0.915 bits per heavy atom. The smallest absolute Gasteiger partial charge is 0.417 e. The summed E-state index contributed by atoms with van der Waals surface area (Å²) in [6, 6.07) is 25.3. The molecule has 0 saturated heterocycles. The quantitative estimate of drug-likeness (QED) is 0.104. The van der Waals surface area contributed by atoms with E-state index in [2.05, 4.69) is 4.74 Å². The molecule has 0 aliphatic heterocycles. The molecule has 0 aliphatic rings. The van der Waals surface area contributed by atoms with Crippen molar-refractivity contribution >= 4 is 27.4 Å². The van der Waals surface area contributed by atoms with E-state index >= 15 is 0 Å². The molecule has 0 aromatic heterocycles. The van der Waals surface area contributed by atoms with E-state index < -0.39 is 43.8 Å². The molecule has 0 saturated carbocycles. The van der Waals surface area contributed by atoms with Gasteiger partial charge in [0.2, 0.25) is 0 Å². The Morgan fingerprint density at radius 2 is 1.51 bits per heavy atom. The van der Waals surface area contributed by atoms with Crippen LogP contribution in [0.15, 0.2) is 95.9 Å². The predicted molar refractivity (Wildman–Crippen MR) is 172 cm³/mol. The third-order valence-corrected chi connectivity index (χ3v) is 9.11. The van der Waals surface area contributed by atoms with E-state index in [1.165, 1.54) is 6.07 Å². The van der Waals surface area contributed by atoms with Gasteiger partial charge in [-0.15, -0.1) is 0 Å². The first-order chi connectivity index (χ1) is 22.2. The maximum Gasteiger partial charge on any atom is 0.417 e. The molecule has 47 heavy (non-hydrogen) atoms. The Hall–Kier alpha value is -3.93. The molecule has 0 N–H and O–H groups in total. The first-order valence-corrected chi connectivity index (χ1v) is 16.9. The van der Waals surface area contributed by atoms with Gasteiger partial charge < -0.3 is 9.47 Å². The van der Waals surface area contributed by atoms with E-state index in [9.17, 15) is 30.8 Å². The number of rotatable bonds is 13. The lowest BCUT2D eigenvalue weighted by atomic mass is 9.90. The van der Waals surface area contributed by atoms with E-state index in [-0.39, 0.29) is 35.8 Å². The topological polar surface area (TPSA) is 72.9 Å². The summed E-state index contributed by atoms with van der Waals surface area (Å²) in [6.07, 6.45) is -3.79. The fourth-order valence-corrected chi connectivity index (χ4v) is 6.54. The van der Waals surface area contributed by atoms with Crippen molar-refractivity contribution in [1.29, 1.82) is 0 Å². The van der Waals surface area contributed by atoms with Crippen LogP contribution in [-0.2, 0) is 27.3 Å².